The first-order valence-corrected chi connectivity index (χ1v) is 8.40. The third-order valence-electron chi connectivity index (χ3n) is 3.81. The SMILES string of the molecule is O=C(OCC1OC(n2ccc(=O)[nH]c2=O)C(Br)C1O)c1ccccc1. The Morgan fingerprint density at radius 2 is 2.00 bits per heavy atom. The molecule has 1 saturated heterocycles. The molecule has 0 saturated carbocycles. The lowest BCUT2D eigenvalue weighted by molar-refractivity contribution is -0.0530. The second-order valence-corrected chi connectivity index (χ2v) is 6.54. The van der Waals surface area contributed by atoms with Crippen molar-refractivity contribution in [3.63, 3.8) is 0 Å². The van der Waals surface area contributed by atoms with Gasteiger partial charge in [-0.1, -0.05) is 34.1 Å². The van der Waals surface area contributed by atoms with Gasteiger partial charge in [-0.25, -0.2) is 9.59 Å². The summed E-state index contributed by atoms with van der Waals surface area (Å²) in [6.45, 7) is -0.175. The third kappa shape index (κ3) is 3.73. The van der Waals surface area contributed by atoms with E-state index in [2.05, 4.69) is 20.9 Å². The van der Waals surface area contributed by atoms with Crippen LogP contribution in [0.2, 0.25) is 0 Å². The molecule has 2 N–H and O–H groups in total. The molecule has 0 spiro atoms. The zero-order valence-corrected chi connectivity index (χ0v) is 14.5. The molecule has 3 rings (SSSR count). The summed E-state index contributed by atoms with van der Waals surface area (Å²) >= 11 is 3.28. The largest absolute Gasteiger partial charge is 0.459 e. The fourth-order valence-electron chi connectivity index (χ4n) is 2.51. The van der Waals surface area contributed by atoms with Crippen molar-refractivity contribution in [2.45, 2.75) is 23.3 Å². The van der Waals surface area contributed by atoms with Gasteiger partial charge in [-0.15, -0.1) is 0 Å². The van der Waals surface area contributed by atoms with Crippen LogP contribution in [0.4, 0.5) is 0 Å². The van der Waals surface area contributed by atoms with Crippen LogP contribution < -0.4 is 11.2 Å². The van der Waals surface area contributed by atoms with Crippen molar-refractivity contribution in [2.24, 2.45) is 0 Å². The topological polar surface area (TPSA) is 111 Å². The fraction of sp³-hybridized carbons (Fsp3) is 0.312. The highest BCUT2D eigenvalue weighted by molar-refractivity contribution is 9.09. The number of aromatic nitrogens is 2. The first-order chi connectivity index (χ1) is 12.0. The van der Waals surface area contributed by atoms with Crippen molar-refractivity contribution in [3.05, 3.63) is 69.0 Å². The number of ether oxygens (including phenoxy) is 2. The number of hydrogen-bond donors (Lipinski definition) is 2. The Morgan fingerprint density at radius 3 is 2.68 bits per heavy atom. The highest BCUT2D eigenvalue weighted by Crippen LogP contribution is 2.33. The van der Waals surface area contributed by atoms with Crippen molar-refractivity contribution < 1.29 is 19.4 Å². The monoisotopic (exact) mass is 410 g/mol. The summed E-state index contributed by atoms with van der Waals surface area (Å²) in [7, 11) is 0. The van der Waals surface area contributed by atoms with Crippen LogP contribution in [0.3, 0.4) is 0 Å². The molecule has 25 heavy (non-hydrogen) atoms. The number of nitrogens with one attached hydrogen (secondary N) is 1. The summed E-state index contributed by atoms with van der Waals surface area (Å²) < 4.78 is 12.0. The highest BCUT2D eigenvalue weighted by Gasteiger charge is 2.44. The van der Waals surface area contributed by atoms with E-state index in [-0.39, 0.29) is 6.61 Å². The molecule has 1 aromatic heterocycles. The summed E-state index contributed by atoms with van der Waals surface area (Å²) in [4.78, 5) is 36.5. The minimum Gasteiger partial charge on any atom is -0.459 e. The van der Waals surface area contributed by atoms with Crippen molar-refractivity contribution >= 4 is 21.9 Å². The van der Waals surface area contributed by atoms with Crippen LogP contribution in [0.25, 0.3) is 0 Å². The average molecular weight is 411 g/mol. The average Bonchev–Trinajstić information content (AvgIpc) is 2.89. The highest BCUT2D eigenvalue weighted by atomic mass is 79.9. The van der Waals surface area contributed by atoms with E-state index in [1.165, 1.54) is 12.3 Å². The van der Waals surface area contributed by atoms with Gasteiger partial charge in [0.25, 0.3) is 5.56 Å². The second kappa shape index (κ2) is 7.34. The molecule has 132 valence electrons. The summed E-state index contributed by atoms with van der Waals surface area (Å²) in [6.07, 6.45) is -1.39. The van der Waals surface area contributed by atoms with Crippen LogP contribution in [0.15, 0.2) is 52.2 Å². The molecule has 1 aliphatic heterocycles. The number of aromatic amines is 1. The summed E-state index contributed by atoms with van der Waals surface area (Å²) in [6, 6.07) is 9.62. The zero-order chi connectivity index (χ0) is 18.0. The van der Waals surface area contributed by atoms with Gasteiger partial charge in [-0.05, 0) is 12.1 Å². The maximum Gasteiger partial charge on any atom is 0.338 e. The predicted octanol–water partition coefficient (Wildman–Crippen LogP) is 0.415. The number of alkyl halides is 1. The van der Waals surface area contributed by atoms with Crippen molar-refractivity contribution in [1.82, 2.24) is 9.55 Å². The van der Waals surface area contributed by atoms with E-state index < -0.39 is 40.5 Å². The Kier molecular flexibility index (Phi) is 5.16. The molecule has 1 aliphatic rings. The number of aliphatic hydroxyl groups excluding tert-OH is 1. The number of halogens is 1. The standard InChI is InChI=1S/C16H15BrN2O6/c17-12-13(21)10(8-24-15(22)9-4-2-1-3-5-9)25-14(12)19-7-6-11(20)18-16(19)23/h1-7,10,12-14,21H,8H2,(H,18,20,23). The van der Waals surface area contributed by atoms with Gasteiger partial charge in [0.2, 0.25) is 0 Å². The molecule has 4 atom stereocenters. The Morgan fingerprint density at radius 1 is 1.28 bits per heavy atom. The van der Waals surface area contributed by atoms with Crippen LogP contribution >= 0.6 is 15.9 Å². The summed E-state index contributed by atoms with van der Waals surface area (Å²) in [5.74, 6) is -0.535. The quantitative estimate of drug-likeness (QED) is 0.557. The van der Waals surface area contributed by atoms with Gasteiger partial charge >= 0.3 is 11.7 Å². The van der Waals surface area contributed by atoms with Crippen molar-refractivity contribution in [1.29, 1.82) is 0 Å². The van der Waals surface area contributed by atoms with Gasteiger partial charge in [0, 0.05) is 12.3 Å². The Balaban J connectivity index is 1.69. The number of carbonyl (C=O) groups excluding carboxylic acids is 1. The molecule has 2 heterocycles. The van der Waals surface area contributed by atoms with Crippen LogP contribution in [-0.2, 0) is 9.47 Å². The van der Waals surface area contributed by atoms with Gasteiger partial charge in [-0.3, -0.25) is 14.3 Å². The number of aliphatic hydroxyl groups is 1. The number of nitrogens with zero attached hydrogens (tertiary/aromatic N) is 1. The van der Waals surface area contributed by atoms with E-state index in [1.807, 2.05) is 0 Å². The van der Waals surface area contributed by atoms with Crippen molar-refractivity contribution in [3.8, 4) is 0 Å². The van der Waals surface area contributed by atoms with Crippen LogP contribution in [0.1, 0.15) is 16.6 Å². The number of esters is 1. The van der Waals surface area contributed by atoms with Gasteiger partial charge in [0.05, 0.1) is 10.4 Å². The molecule has 8 nitrogen and oxygen atoms in total. The van der Waals surface area contributed by atoms with Crippen LogP contribution in [-0.4, -0.2) is 44.3 Å². The molecule has 1 aromatic carbocycles. The van der Waals surface area contributed by atoms with Gasteiger partial charge in [0.1, 0.15) is 18.8 Å². The van der Waals surface area contributed by atoms with E-state index in [0.717, 1.165) is 4.57 Å². The number of H-pyrrole nitrogens is 1. The Hall–Kier alpha value is -2.23. The molecule has 0 bridgehead atoms. The maximum absolute atomic E-state index is 12.0. The van der Waals surface area contributed by atoms with Crippen LogP contribution in [0.5, 0.6) is 0 Å². The number of hydrogen-bond acceptors (Lipinski definition) is 6. The molecule has 0 amide bonds. The molecule has 9 heteroatoms. The van der Waals surface area contributed by atoms with E-state index in [0.29, 0.717) is 5.56 Å². The molecule has 2 aromatic rings. The van der Waals surface area contributed by atoms with Gasteiger partial charge < -0.3 is 14.6 Å². The lowest BCUT2D eigenvalue weighted by Crippen LogP contribution is -2.35. The molecule has 0 radical (unpaired) electrons. The zero-order valence-electron chi connectivity index (χ0n) is 12.9. The van der Waals surface area contributed by atoms with Gasteiger partial charge in [-0.2, -0.15) is 0 Å². The van der Waals surface area contributed by atoms with E-state index >= 15 is 0 Å². The maximum atomic E-state index is 12.0. The lowest BCUT2D eigenvalue weighted by Gasteiger charge is -2.16. The Labute approximate surface area is 150 Å². The van der Waals surface area contributed by atoms with E-state index in [4.69, 9.17) is 9.47 Å². The smallest absolute Gasteiger partial charge is 0.338 e. The van der Waals surface area contributed by atoms with Crippen molar-refractivity contribution in [2.75, 3.05) is 6.61 Å². The number of rotatable bonds is 4. The summed E-state index contributed by atoms with van der Waals surface area (Å²) in [5.41, 5.74) is -0.797. The minimum atomic E-state index is -1.01. The Bertz CT molecular complexity index is 865. The molecule has 0 aliphatic carbocycles. The molecule has 4 unspecified atom stereocenters. The molecular formula is C16H15BrN2O6. The van der Waals surface area contributed by atoms with Crippen LogP contribution in [0, 0.1) is 0 Å². The molecule has 1 fully saturated rings. The number of benzene rings is 1. The van der Waals surface area contributed by atoms with E-state index in [9.17, 15) is 19.5 Å². The first-order valence-electron chi connectivity index (χ1n) is 7.48. The normalized spacial score (nSPS) is 25.7. The third-order valence-corrected chi connectivity index (χ3v) is 4.80. The predicted molar refractivity (Wildman–Crippen MR) is 90.7 cm³/mol. The molecular weight excluding hydrogens is 396 g/mol. The van der Waals surface area contributed by atoms with E-state index in [1.54, 1.807) is 30.3 Å². The second-order valence-electron chi connectivity index (χ2n) is 5.48. The van der Waals surface area contributed by atoms with Gasteiger partial charge in [0.15, 0.2) is 6.23 Å². The number of carbonyl (C=O) groups is 1. The first kappa shape index (κ1) is 17.6. The summed E-state index contributed by atoms with van der Waals surface area (Å²) in [5, 5.41) is 10.3. The minimum absolute atomic E-state index is 0.175. The fourth-order valence-corrected chi connectivity index (χ4v) is 3.23. The lowest BCUT2D eigenvalue weighted by atomic mass is 10.2.